The first kappa shape index (κ1) is 12.7. The van der Waals surface area contributed by atoms with Crippen molar-refractivity contribution in [3.63, 3.8) is 0 Å². The SMILES string of the molecule is c1cc(NC(c2cccs2)C2CC2)cc(-n2ccnc2)c1. The third-order valence-electron chi connectivity index (χ3n) is 3.91. The number of hydrogen-bond acceptors (Lipinski definition) is 3. The summed E-state index contributed by atoms with van der Waals surface area (Å²) >= 11 is 1.84. The van der Waals surface area contributed by atoms with Crippen molar-refractivity contribution >= 4 is 17.0 Å². The molecular formula is C17H17N3S. The number of benzene rings is 1. The van der Waals surface area contributed by atoms with Crippen LogP contribution in [0.25, 0.3) is 5.69 Å². The number of nitrogens with one attached hydrogen (secondary N) is 1. The van der Waals surface area contributed by atoms with E-state index in [0.29, 0.717) is 6.04 Å². The smallest absolute Gasteiger partial charge is 0.0991 e. The Balaban J connectivity index is 1.60. The highest BCUT2D eigenvalue weighted by Crippen LogP contribution is 2.44. The first-order valence-corrected chi connectivity index (χ1v) is 8.16. The van der Waals surface area contributed by atoms with Crippen molar-refractivity contribution in [2.75, 3.05) is 5.32 Å². The largest absolute Gasteiger partial charge is 0.377 e. The fourth-order valence-electron chi connectivity index (χ4n) is 2.67. The maximum Gasteiger partial charge on any atom is 0.0991 e. The van der Waals surface area contributed by atoms with Crippen molar-refractivity contribution in [2.24, 2.45) is 5.92 Å². The minimum atomic E-state index is 0.447. The van der Waals surface area contributed by atoms with E-state index in [-0.39, 0.29) is 0 Å². The van der Waals surface area contributed by atoms with Crippen LogP contribution in [0.2, 0.25) is 0 Å². The molecule has 1 N–H and O–H groups in total. The molecule has 0 amide bonds. The molecule has 3 aromatic rings. The molecule has 1 aliphatic carbocycles. The van der Waals surface area contributed by atoms with Crippen LogP contribution in [0.15, 0.2) is 60.5 Å². The molecule has 21 heavy (non-hydrogen) atoms. The van der Waals surface area contributed by atoms with Crippen molar-refractivity contribution in [1.29, 1.82) is 0 Å². The van der Waals surface area contributed by atoms with Crippen LogP contribution >= 0.6 is 11.3 Å². The van der Waals surface area contributed by atoms with E-state index >= 15 is 0 Å². The van der Waals surface area contributed by atoms with Crippen molar-refractivity contribution in [2.45, 2.75) is 18.9 Å². The highest BCUT2D eigenvalue weighted by atomic mass is 32.1. The van der Waals surface area contributed by atoms with Gasteiger partial charge in [-0.3, -0.25) is 0 Å². The first-order valence-electron chi connectivity index (χ1n) is 7.28. The molecule has 1 saturated carbocycles. The molecule has 0 aliphatic heterocycles. The molecule has 3 nitrogen and oxygen atoms in total. The minimum absolute atomic E-state index is 0.447. The summed E-state index contributed by atoms with van der Waals surface area (Å²) in [7, 11) is 0. The molecule has 4 rings (SSSR count). The number of nitrogens with zero attached hydrogens (tertiary/aromatic N) is 2. The summed E-state index contributed by atoms with van der Waals surface area (Å²) in [5.74, 6) is 0.778. The van der Waals surface area contributed by atoms with Gasteiger partial charge in [-0.2, -0.15) is 0 Å². The van der Waals surface area contributed by atoms with Gasteiger partial charge in [0.2, 0.25) is 0 Å². The van der Waals surface area contributed by atoms with Gasteiger partial charge in [0, 0.05) is 28.6 Å². The van der Waals surface area contributed by atoms with Gasteiger partial charge in [0.1, 0.15) is 0 Å². The molecule has 0 saturated heterocycles. The topological polar surface area (TPSA) is 29.9 Å². The lowest BCUT2D eigenvalue weighted by atomic mass is 10.1. The summed E-state index contributed by atoms with van der Waals surface area (Å²) in [6.07, 6.45) is 8.26. The third kappa shape index (κ3) is 2.72. The number of hydrogen-bond donors (Lipinski definition) is 1. The molecule has 1 fully saturated rings. The van der Waals surface area contributed by atoms with Gasteiger partial charge < -0.3 is 9.88 Å². The molecule has 4 heteroatoms. The Labute approximate surface area is 128 Å². The predicted octanol–water partition coefficient (Wildman–Crippen LogP) is 4.50. The molecule has 1 aliphatic rings. The predicted molar refractivity (Wildman–Crippen MR) is 87.0 cm³/mol. The van der Waals surface area contributed by atoms with Gasteiger partial charge in [-0.15, -0.1) is 11.3 Å². The van der Waals surface area contributed by atoms with Crippen LogP contribution in [0.5, 0.6) is 0 Å². The summed E-state index contributed by atoms with van der Waals surface area (Å²) in [6.45, 7) is 0. The zero-order valence-electron chi connectivity index (χ0n) is 11.6. The van der Waals surface area contributed by atoms with Crippen LogP contribution in [0.1, 0.15) is 23.8 Å². The Morgan fingerprint density at radius 2 is 2.19 bits per heavy atom. The van der Waals surface area contributed by atoms with Gasteiger partial charge in [-0.1, -0.05) is 12.1 Å². The maximum absolute atomic E-state index is 4.11. The fourth-order valence-corrected chi connectivity index (χ4v) is 3.54. The molecule has 1 unspecified atom stereocenters. The number of anilines is 1. The first-order chi connectivity index (χ1) is 10.4. The second-order valence-corrected chi connectivity index (χ2v) is 6.47. The molecule has 1 aromatic carbocycles. The molecule has 0 spiro atoms. The Morgan fingerprint density at radius 1 is 1.24 bits per heavy atom. The lowest BCUT2D eigenvalue weighted by Crippen LogP contribution is -2.11. The van der Waals surface area contributed by atoms with E-state index in [0.717, 1.165) is 11.6 Å². The highest BCUT2D eigenvalue weighted by molar-refractivity contribution is 7.10. The Hall–Kier alpha value is -2.07. The standard InChI is InChI=1S/C17H17N3S/c1-3-14(11-15(4-1)20-9-8-18-12-20)19-17(13-6-7-13)16-5-2-10-21-16/h1-5,8-13,17,19H,6-7H2. The zero-order chi connectivity index (χ0) is 14.1. The average Bonchev–Trinajstić information content (AvgIpc) is 3.01. The van der Waals surface area contributed by atoms with Crippen molar-refractivity contribution in [1.82, 2.24) is 9.55 Å². The van der Waals surface area contributed by atoms with Gasteiger partial charge in [0.15, 0.2) is 0 Å². The quantitative estimate of drug-likeness (QED) is 0.751. The summed E-state index contributed by atoms with van der Waals surface area (Å²) in [4.78, 5) is 5.55. The lowest BCUT2D eigenvalue weighted by Gasteiger charge is -2.19. The molecule has 106 valence electrons. The van der Waals surface area contributed by atoms with E-state index < -0.39 is 0 Å². The Bertz CT molecular complexity index is 699. The Kier molecular flexibility index (Phi) is 3.24. The number of rotatable bonds is 5. The van der Waals surface area contributed by atoms with Crippen molar-refractivity contribution < 1.29 is 0 Å². The highest BCUT2D eigenvalue weighted by Gasteiger charge is 2.32. The van der Waals surface area contributed by atoms with E-state index in [1.807, 2.05) is 28.4 Å². The second kappa shape index (κ2) is 5.37. The van der Waals surface area contributed by atoms with E-state index in [1.165, 1.54) is 23.4 Å². The summed E-state index contributed by atoms with van der Waals surface area (Å²) in [5, 5.41) is 5.88. The molecule has 0 radical (unpaired) electrons. The van der Waals surface area contributed by atoms with E-state index in [4.69, 9.17) is 0 Å². The molecule has 1 atom stereocenters. The normalized spacial score (nSPS) is 15.8. The average molecular weight is 295 g/mol. The van der Waals surface area contributed by atoms with E-state index in [1.54, 1.807) is 6.20 Å². The van der Waals surface area contributed by atoms with Gasteiger partial charge in [-0.25, -0.2) is 4.98 Å². The maximum atomic E-state index is 4.11. The monoisotopic (exact) mass is 295 g/mol. The Morgan fingerprint density at radius 3 is 2.90 bits per heavy atom. The van der Waals surface area contributed by atoms with Gasteiger partial charge >= 0.3 is 0 Å². The zero-order valence-corrected chi connectivity index (χ0v) is 12.5. The third-order valence-corrected chi connectivity index (χ3v) is 4.87. The van der Waals surface area contributed by atoms with E-state index in [9.17, 15) is 0 Å². The molecular weight excluding hydrogens is 278 g/mol. The molecule has 2 aromatic heterocycles. The van der Waals surface area contributed by atoms with Crippen LogP contribution in [-0.4, -0.2) is 9.55 Å². The van der Waals surface area contributed by atoms with Gasteiger partial charge in [0.25, 0.3) is 0 Å². The molecule has 0 bridgehead atoms. The van der Waals surface area contributed by atoms with Crippen molar-refractivity contribution in [3.8, 4) is 5.69 Å². The van der Waals surface area contributed by atoms with Crippen molar-refractivity contribution in [3.05, 3.63) is 65.4 Å². The summed E-state index contributed by atoms with van der Waals surface area (Å²) in [5.41, 5.74) is 2.31. The van der Waals surface area contributed by atoms with E-state index in [2.05, 4.69) is 52.1 Å². The van der Waals surface area contributed by atoms with Crippen LogP contribution in [0, 0.1) is 5.92 Å². The minimum Gasteiger partial charge on any atom is -0.377 e. The number of imidazole rings is 1. The summed E-state index contributed by atoms with van der Waals surface area (Å²) < 4.78 is 2.03. The van der Waals surface area contributed by atoms with Crippen LogP contribution in [-0.2, 0) is 0 Å². The molecule has 2 heterocycles. The number of aromatic nitrogens is 2. The van der Waals surface area contributed by atoms with Gasteiger partial charge in [-0.05, 0) is 48.4 Å². The fraction of sp³-hybridized carbons (Fsp3) is 0.235. The van der Waals surface area contributed by atoms with Crippen LogP contribution < -0.4 is 5.32 Å². The summed E-state index contributed by atoms with van der Waals surface area (Å²) in [6, 6.07) is 13.3. The van der Waals surface area contributed by atoms with Gasteiger partial charge in [0.05, 0.1) is 12.4 Å². The second-order valence-electron chi connectivity index (χ2n) is 5.50. The lowest BCUT2D eigenvalue weighted by molar-refractivity contribution is 0.691. The van der Waals surface area contributed by atoms with Crippen LogP contribution in [0.3, 0.4) is 0 Å². The number of thiophene rings is 1. The van der Waals surface area contributed by atoms with Crippen LogP contribution in [0.4, 0.5) is 5.69 Å².